The minimum absolute atomic E-state index is 0.100. The molecule has 0 aliphatic heterocycles. The maximum atomic E-state index is 12.9. The Balaban J connectivity index is 4.48. The lowest BCUT2D eigenvalue weighted by molar-refractivity contribution is -0.167. The summed E-state index contributed by atoms with van der Waals surface area (Å²) in [6, 6.07) is 0. The van der Waals surface area contributed by atoms with Crippen molar-refractivity contribution in [3.63, 3.8) is 0 Å². The molecule has 0 bridgehead atoms. The van der Waals surface area contributed by atoms with Crippen LogP contribution in [-0.4, -0.2) is 37.2 Å². The number of hydrogen-bond donors (Lipinski definition) is 0. The standard InChI is InChI=1S/C71H114O6/c1-4-7-10-13-16-19-22-25-27-29-31-33-34-35-36-38-39-41-43-46-49-52-55-58-61-64-70(73)76-67-68(66-75-69(72)63-60-57-54-51-48-45-24-21-18-15-12-9-6-3)77-71(74)65-62-59-56-53-50-47-44-42-40-37-32-30-28-26-23-20-17-14-11-8-5-2/h7-8,10-11,16-17,19-20,25-28,31-33,35-37,39,41-42,44,46,49,68H,4-6,9,12-15,18,21-24,29-30,34,38,40,43,45,47-48,50-67H2,1-3H3/b10-7-,11-8-,19-16-,20-17-,27-25-,28-26-,33-31-,36-35-,37-32-,41-39-,44-42-,49-46-. The first-order valence-electron chi connectivity index (χ1n) is 31.3. The average Bonchev–Trinajstić information content (AvgIpc) is 3.43. The van der Waals surface area contributed by atoms with Crippen LogP contribution in [-0.2, 0) is 28.6 Å². The van der Waals surface area contributed by atoms with Crippen LogP contribution in [0.15, 0.2) is 146 Å². The van der Waals surface area contributed by atoms with E-state index in [0.717, 1.165) is 161 Å². The van der Waals surface area contributed by atoms with Crippen molar-refractivity contribution in [1.29, 1.82) is 0 Å². The van der Waals surface area contributed by atoms with E-state index in [1.54, 1.807) is 0 Å². The molecule has 0 spiro atoms. The van der Waals surface area contributed by atoms with Crippen molar-refractivity contribution in [2.75, 3.05) is 13.2 Å². The Hall–Kier alpha value is -4.71. The van der Waals surface area contributed by atoms with Crippen molar-refractivity contribution in [1.82, 2.24) is 0 Å². The summed E-state index contributed by atoms with van der Waals surface area (Å²) in [7, 11) is 0. The van der Waals surface area contributed by atoms with Gasteiger partial charge in [-0.15, -0.1) is 0 Å². The number of carbonyl (C=O) groups excluding carboxylic acids is 3. The number of hydrogen-bond acceptors (Lipinski definition) is 6. The lowest BCUT2D eigenvalue weighted by atomic mass is 10.0. The van der Waals surface area contributed by atoms with Crippen LogP contribution in [0.2, 0.25) is 0 Å². The topological polar surface area (TPSA) is 78.9 Å². The predicted octanol–water partition coefficient (Wildman–Crippen LogP) is 21.5. The van der Waals surface area contributed by atoms with Crippen molar-refractivity contribution in [3.05, 3.63) is 146 Å². The summed E-state index contributed by atoms with van der Waals surface area (Å²) in [6.07, 6.45) is 91.3. The van der Waals surface area contributed by atoms with Crippen LogP contribution in [0.3, 0.4) is 0 Å². The molecule has 0 radical (unpaired) electrons. The van der Waals surface area contributed by atoms with E-state index in [0.29, 0.717) is 19.3 Å². The van der Waals surface area contributed by atoms with Gasteiger partial charge in [-0.05, 0) is 122 Å². The van der Waals surface area contributed by atoms with Gasteiger partial charge < -0.3 is 14.2 Å². The first kappa shape index (κ1) is 72.3. The predicted molar refractivity (Wildman–Crippen MR) is 334 cm³/mol. The van der Waals surface area contributed by atoms with E-state index < -0.39 is 6.10 Å². The van der Waals surface area contributed by atoms with E-state index in [2.05, 4.69) is 167 Å². The number of ether oxygens (including phenoxy) is 3. The highest BCUT2D eigenvalue weighted by molar-refractivity contribution is 5.71. The van der Waals surface area contributed by atoms with E-state index in [1.807, 2.05) is 0 Å². The number of unbranched alkanes of at least 4 members (excludes halogenated alkanes) is 20. The molecule has 434 valence electrons. The summed E-state index contributed by atoms with van der Waals surface area (Å²) in [5.74, 6) is -0.954. The van der Waals surface area contributed by atoms with Gasteiger partial charge in [-0.25, -0.2) is 0 Å². The molecular formula is C71H114O6. The third-order valence-corrected chi connectivity index (χ3v) is 12.8. The molecule has 0 amide bonds. The molecule has 0 saturated heterocycles. The Morgan fingerprint density at radius 1 is 0.273 bits per heavy atom. The minimum Gasteiger partial charge on any atom is -0.462 e. The van der Waals surface area contributed by atoms with E-state index in [9.17, 15) is 14.4 Å². The Morgan fingerprint density at radius 3 is 0.805 bits per heavy atom. The molecule has 0 heterocycles. The van der Waals surface area contributed by atoms with Crippen molar-refractivity contribution in [3.8, 4) is 0 Å². The fourth-order valence-electron chi connectivity index (χ4n) is 8.21. The van der Waals surface area contributed by atoms with Crippen molar-refractivity contribution in [2.24, 2.45) is 0 Å². The molecule has 0 N–H and O–H groups in total. The third-order valence-electron chi connectivity index (χ3n) is 12.8. The highest BCUT2D eigenvalue weighted by atomic mass is 16.6. The summed E-state index contributed by atoms with van der Waals surface area (Å²) in [5.41, 5.74) is 0. The maximum Gasteiger partial charge on any atom is 0.306 e. The molecular weight excluding hydrogens is 949 g/mol. The average molecular weight is 1060 g/mol. The maximum absolute atomic E-state index is 12.9. The van der Waals surface area contributed by atoms with Crippen LogP contribution >= 0.6 is 0 Å². The molecule has 0 fully saturated rings. The first-order valence-corrected chi connectivity index (χ1v) is 31.3. The number of rotatable bonds is 55. The number of carbonyl (C=O) groups is 3. The molecule has 0 aromatic carbocycles. The van der Waals surface area contributed by atoms with Gasteiger partial charge in [0.25, 0.3) is 0 Å². The summed E-state index contributed by atoms with van der Waals surface area (Å²) >= 11 is 0. The molecule has 1 atom stereocenters. The molecule has 0 aromatic heterocycles. The largest absolute Gasteiger partial charge is 0.462 e. The van der Waals surface area contributed by atoms with E-state index >= 15 is 0 Å². The molecule has 6 nitrogen and oxygen atoms in total. The zero-order valence-electron chi connectivity index (χ0n) is 49.7. The second-order valence-electron chi connectivity index (χ2n) is 20.2. The minimum atomic E-state index is -0.809. The Kier molecular flexibility index (Phi) is 59.9. The smallest absolute Gasteiger partial charge is 0.306 e. The molecule has 0 aliphatic rings. The molecule has 0 rings (SSSR count). The molecule has 77 heavy (non-hydrogen) atoms. The molecule has 0 aliphatic carbocycles. The second kappa shape index (κ2) is 63.8. The summed E-state index contributed by atoms with van der Waals surface area (Å²) in [6.45, 7) is 6.37. The number of allylic oxidation sites excluding steroid dienone is 24. The molecule has 6 heteroatoms. The summed E-state index contributed by atoms with van der Waals surface area (Å²) in [4.78, 5) is 38.3. The SMILES string of the molecule is CC/C=C\C/C=C\C/C=C\C/C=C\C/C=C\C/C=C\C/C=C\CCCCCC(=O)OCC(COC(=O)CCCCCCCCCCCCCCC)OC(=O)CCCCCCC/C=C\C/C=C\C/C=C\C/C=C\C/C=C\CC. The zero-order valence-corrected chi connectivity index (χ0v) is 49.7. The molecule has 0 saturated carbocycles. The van der Waals surface area contributed by atoms with E-state index in [1.165, 1.54) is 64.2 Å². The van der Waals surface area contributed by atoms with Crippen LogP contribution in [0.25, 0.3) is 0 Å². The molecule has 0 aromatic rings. The van der Waals surface area contributed by atoms with Gasteiger partial charge in [0.1, 0.15) is 13.2 Å². The van der Waals surface area contributed by atoms with Gasteiger partial charge in [0.15, 0.2) is 6.10 Å². The van der Waals surface area contributed by atoms with Gasteiger partial charge in [0, 0.05) is 19.3 Å². The quantitative estimate of drug-likeness (QED) is 0.0261. The Bertz CT molecular complexity index is 1700. The van der Waals surface area contributed by atoms with Crippen LogP contribution in [0, 0.1) is 0 Å². The summed E-state index contributed by atoms with van der Waals surface area (Å²) < 4.78 is 16.9. The highest BCUT2D eigenvalue weighted by Crippen LogP contribution is 2.15. The Morgan fingerprint density at radius 2 is 0.506 bits per heavy atom. The first-order chi connectivity index (χ1) is 38.0. The number of esters is 3. The Labute approximate surface area is 474 Å². The monoisotopic (exact) mass is 1060 g/mol. The van der Waals surface area contributed by atoms with Crippen LogP contribution in [0.1, 0.15) is 265 Å². The van der Waals surface area contributed by atoms with Gasteiger partial charge >= 0.3 is 17.9 Å². The van der Waals surface area contributed by atoms with Crippen LogP contribution < -0.4 is 0 Å². The fraction of sp³-hybridized carbons (Fsp3) is 0.620. The van der Waals surface area contributed by atoms with Gasteiger partial charge in [0.05, 0.1) is 0 Å². The van der Waals surface area contributed by atoms with E-state index in [4.69, 9.17) is 14.2 Å². The van der Waals surface area contributed by atoms with Crippen LogP contribution in [0.5, 0.6) is 0 Å². The second-order valence-corrected chi connectivity index (χ2v) is 20.2. The van der Waals surface area contributed by atoms with Gasteiger partial charge in [0.2, 0.25) is 0 Å². The van der Waals surface area contributed by atoms with Crippen molar-refractivity contribution < 1.29 is 28.6 Å². The van der Waals surface area contributed by atoms with Gasteiger partial charge in [-0.3, -0.25) is 14.4 Å². The zero-order chi connectivity index (χ0) is 55.7. The highest BCUT2D eigenvalue weighted by Gasteiger charge is 2.19. The fourth-order valence-corrected chi connectivity index (χ4v) is 8.21. The van der Waals surface area contributed by atoms with Crippen molar-refractivity contribution in [2.45, 2.75) is 271 Å². The third kappa shape index (κ3) is 62.0. The van der Waals surface area contributed by atoms with Crippen LogP contribution in [0.4, 0.5) is 0 Å². The lowest BCUT2D eigenvalue weighted by Gasteiger charge is -2.18. The lowest BCUT2D eigenvalue weighted by Crippen LogP contribution is -2.30. The van der Waals surface area contributed by atoms with E-state index in [-0.39, 0.29) is 31.1 Å². The van der Waals surface area contributed by atoms with Gasteiger partial charge in [-0.2, -0.15) is 0 Å². The summed E-state index contributed by atoms with van der Waals surface area (Å²) in [5, 5.41) is 0. The van der Waals surface area contributed by atoms with Crippen molar-refractivity contribution >= 4 is 17.9 Å². The van der Waals surface area contributed by atoms with Gasteiger partial charge in [-0.1, -0.05) is 269 Å². The normalized spacial score (nSPS) is 13.1. The molecule has 1 unspecified atom stereocenters.